The fraction of sp³-hybridized carbons (Fsp3) is 0.412. The zero-order valence-electron chi connectivity index (χ0n) is 12.8. The largest absolute Gasteiger partial charge is 0.373 e. The van der Waals surface area contributed by atoms with Crippen molar-refractivity contribution in [3.8, 4) is 0 Å². The summed E-state index contributed by atoms with van der Waals surface area (Å²) < 4.78 is 10.9. The smallest absolute Gasteiger partial charge is 0.256 e. The molecule has 2 aromatic rings. The van der Waals surface area contributed by atoms with Crippen LogP contribution in [-0.4, -0.2) is 24.2 Å². The molecule has 0 saturated carbocycles. The molecule has 1 aliphatic rings. The quantitative estimate of drug-likeness (QED) is 0.943. The van der Waals surface area contributed by atoms with E-state index in [-0.39, 0.29) is 17.9 Å². The van der Waals surface area contributed by atoms with Crippen molar-refractivity contribution in [3.63, 3.8) is 0 Å². The summed E-state index contributed by atoms with van der Waals surface area (Å²) in [6.45, 7) is 4.84. The lowest BCUT2D eigenvalue weighted by Gasteiger charge is -2.19. The van der Waals surface area contributed by atoms with Crippen LogP contribution in [0.5, 0.6) is 0 Å². The Bertz CT molecular complexity index is 632. The summed E-state index contributed by atoms with van der Waals surface area (Å²) in [5.74, 6) is 0.707. The van der Waals surface area contributed by atoms with Crippen molar-refractivity contribution in [1.29, 1.82) is 0 Å². The first-order chi connectivity index (χ1) is 10.7. The van der Waals surface area contributed by atoms with E-state index in [1.54, 1.807) is 13.8 Å². The third kappa shape index (κ3) is 2.90. The van der Waals surface area contributed by atoms with Crippen molar-refractivity contribution in [2.75, 3.05) is 13.2 Å². The number of amides is 1. The van der Waals surface area contributed by atoms with Gasteiger partial charge in [-0.1, -0.05) is 35.5 Å². The molecule has 116 valence electrons. The highest BCUT2D eigenvalue weighted by Crippen LogP contribution is 2.33. The van der Waals surface area contributed by atoms with E-state index in [1.807, 2.05) is 18.2 Å². The van der Waals surface area contributed by atoms with Crippen LogP contribution in [0.3, 0.4) is 0 Å². The van der Waals surface area contributed by atoms with Crippen LogP contribution in [0.4, 0.5) is 0 Å². The summed E-state index contributed by atoms with van der Waals surface area (Å²) in [6, 6.07) is 10.2. The van der Waals surface area contributed by atoms with Gasteiger partial charge in [0.05, 0.1) is 11.8 Å². The lowest BCUT2D eigenvalue weighted by molar-refractivity contribution is 0.0845. The van der Waals surface area contributed by atoms with Crippen LogP contribution >= 0.6 is 0 Å². The second-order valence-electron chi connectivity index (χ2n) is 5.66. The van der Waals surface area contributed by atoms with Gasteiger partial charge < -0.3 is 14.6 Å². The van der Waals surface area contributed by atoms with E-state index in [2.05, 4.69) is 22.6 Å². The number of carbonyl (C=O) groups excluding carboxylic acids is 1. The first-order valence-corrected chi connectivity index (χ1v) is 7.54. The van der Waals surface area contributed by atoms with Gasteiger partial charge in [-0.3, -0.25) is 4.79 Å². The number of aromatic nitrogens is 1. The van der Waals surface area contributed by atoms with Gasteiger partial charge in [-0.15, -0.1) is 0 Å². The van der Waals surface area contributed by atoms with Crippen LogP contribution in [0.15, 0.2) is 34.9 Å². The Morgan fingerprint density at radius 3 is 2.77 bits per heavy atom. The first-order valence-electron chi connectivity index (χ1n) is 7.54. The van der Waals surface area contributed by atoms with Crippen molar-refractivity contribution in [1.82, 2.24) is 10.5 Å². The molecule has 1 aromatic heterocycles. The van der Waals surface area contributed by atoms with Gasteiger partial charge in [0.2, 0.25) is 0 Å². The standard InChI is InChI=1S/C17H20N2O3/c1-11-15(12(2)22-19-11)17(20)18-10-14-8-9-21-16(14)13-6-4-3-5-7-13/h3-7,14,16H,8-10H2,1-2H3,(H,18,20)/t14-,16-/m1/s1. The van der Waals surface area contributed by atoms with Crippen molar-refractivity contribution in [2.24, 2.45) is 5.92 Å². The lowest BCUT2D eigenvalue weighted by Crippen LogP contribution is -2.31. The minimum Gasteiger partial charge on any atom is -0.373 e. The maximum Gasteiger partial charge on any atom is 0.256 e. The van der Waals surface area contributed by atoms with E-state index in [4.69, 9.17) is 9.26 Å². The van der Waals surface area contributed by atoms with Crippen LogP contribution in [0, 0.1) is 19.8 Å². The Hall–Kier alpha value is -2.14. The van der Waals surface area contributed by atoms with Crippen molar-refractivity contribution in [2.45, 2.75) is 26.4 Å². The summed E-state index contributed by atoms with van der Waals surface area (Å²) >= 11 is 0. The maximum absolute atomic E-state index is 12.3. The molecule has 0 bridgehead atoms. The second kappa shape index (κ2) is 6.32. The van der Waals surface area contributed by atoms with Crippen LogP contribution in [0.25, 0.3) is 0 Å². The van der Waals surface area contributed by atoms with Gasteiger partial charge in [0.15, 0.2) is 0 Å². The van der Waals surface area contributed by atoms with E-state index >= 15 is 0 Å². The highest BCUT2D eigenvalue weighted by Gasteiger charge is 2.30. The van der Waals surface area contributed by atoms with E-state index < -0.39 is 0 Å². The number of carbonyl (C=O) groups is 1. The van der Waals surface area contributed by atoms with Crippen molar-refractivity contribution >= 4 is 5.91 Å². The van der Waals surface area contributed by atoms with Crippen LogP contribution in [0.2, 0.25) is 0 Å². The number of benzene rings is 1. The monoisotopic (exact) mass is 300 g/mol. The van der Waals surface area contributed by atoms with Crippen LogP contribution in [-0.2, 0) is 4.74 Å². The third-order valence-electron chi connectivity index (χ3n) is 4.13. The van der Waals surface area contributed by atoms with E-state index in [0.29, 0.717) is 23.6 Å². The predicted octanol–water partition coefficient (Wildman–Crippen LogP) is 2.80. The van der Waals surface area contributed by atoms with Crippen molar-refractivity contribution < 1.29 is 14.1 Å². The molecule has 1 N–H and O–H groups in total. The Labute approximate surface area is 129 Å². The Morgan fingerprint density at radius 1 is 1.32 bits per heavy atom. The zero-order chi connectivity index (χ0) is 15.5. The average molecular weight is 300 g/mol. The molecule has 0 radical (unpaired) electrons. The van der Waals surface area contributed by atoms with Gasteiger partial charge in [-0.2, -0.15) is 0 Å². The fourth-order valence-corrected chi connectivity index (χ4v) is 2.97. The van der Waals surface area contributed by atoms with Gasteiger partial charge in [-0.05, 0) is 25.8 Å². The number of hydrogen-bond donors (Lipinski definition) is 1. The van der Waals surface area contributed by atoms with Gasteiger partial charge in [0.25, 0.3) is 5.91 Å². The minimum absolute atomic E-state index is 0.0474. The fourth-order valence-electron chi connectivity index (χ4n) is 2.97. The molecule has 1 aromatic carbocycles. The lowest BCUT2D eigenvalue weighted by atomic mass is 9.95. The molecule has 3 rings (SSSR count). The van der Waals surface area contributed by atoms with Gasteiger partial charge in [0.1, 0.15) is 11.3 Å². The van der Waals surface area contributed by atoms with E-state index in [1.165, 1.54) is 0 Å². The Balaban J connectivity index is 1.65. The summed E-state index contributed by atoms with van der Waals surface area (Å²) in [6.07, 6.45) is 0.993. The summed E-state index contributed by atoms with van der Waals surface area (Å²) in [4.78, 5) is 12.3. The number of rotatable bonds is 4. The second-order valence-corrected chi connectivity index (χ2v) is 5.66. The number of nitrogens with zero attached hydrogens (tertiary/aromatic N) is 1. The molecular weight excluding hydrogens is 280 g/mol. The summed E-state index contributed by atoms with van der Waals surface area (Å²) in [5.41, 5.74) is 2.32. The number of aryl methyl sites for hydroxylation is 2. The molecule has 2 atom stereocenters. The molecule has 1 saturated heterocycles. The molecule has 1 aliphatic heterocycles. The normalized spacial score (nSPS) is 21.0. The molecule has 1 fully saturated rings. The number of ether oxygens (including phenoxy) is 1. The molecule has 5 heteroatoms. The van der Waals surface area contributed by atoms with E-state index in [0.717, 1.165) is 18.6 Å². The van der Waals surface area contributed by atoms with Crippen LogP contribution < -0.4 is 5.32 Å². The Morgan fingerprint density at radius 2 is 2.09 bits per heavy atom. The highest BCUT2D eigenvalue weighted by molar-refractivity contribution is 5.96. The first kappa shape index (κ1) is 14.8. The van der Waals surface area contributed by atoms with Gasteiger partial charge >= 0.3 is 0 Å². The molecular formula is C17H20N2O3. The topological polar surface area (TPSA) is 64.4 Å². The summed E-state index contributed by atoms with van der Waals surface area (Å²) in [5, 5.41) is 6.81. The van der Waals surface area contributed by atoms with Crippen molar-refractivity contribution in [3.05, 3.63) is 52.9 Å². The molecule has 0 unspecified atom stereocenters. The molecule has 5 nitrogen and oxygen atoms in total. The van der Waals surface area contributed by atoms with E-state index in [9.17, 15) is 4.79 Å². The molecule has 0 aliphatic carbocycles. The van der Waals surface area contributed by atoms with Gasteiger partial charge in [-0.25, -0.2) is 0 Å². The highest BCUT2D eigenvalue weighted by atomic mass is 16.5. The Kier molecular flexibility index (Phi) is 4.24. The number of hydrogen-bond acceptors (Lipinski definition) is 4. The zero-order valence-corrected chi connectivity index (χ0v) is 12.8. The van der Waals surface area contributed by atoms with Crippen LogP contribution in [0.1, 0.15) is 39.9 Å². The predicted molar refractivity (Wildman–Crippen MR) is 81.6 cm³/mol. The third-order valence-corrected chi connectivity index (χ3v) is 4.13. The SMILES string of the molecule is Cc1noc(C)c1C(=O)NC[C@H]1CCO[C@@H]1c1ccccc1. The number of nitrogens with one attached hydrogen (secondary N) is 1. The van der Waals surface area contributed by atoms with Gasteiger partial charge in [0, 0.05) is 19.1 Å². The molecule has 2 heterocycles. The summed E-state index contributed by atoms with van der Waals surface area (Å²) in [7, 11) is 0. The molecule has 22 heavy (non-hydrogen) atoms. The maximum atomic E-state index is 12.3. The minimum atomic E-state index is -0.130. The average Bonchev–Trinajstić information content (AvgIpc) is 3.12. The molecule has 0 spiro atoms. The molecule has 1 amide bonds.